The lowest BCUT2D eigenvalue weighted by molar-refractivity contribution is 0.544. The Morgan fingerprint density at radius 1 is 1.00 bits per heavy atom. The Morgan fingerprint density at radius 2 is 1.38 bits per heavy atom. The molecule has 0 spiro atoms. The molecule has 0 fully saturated rings. The van der Waals surface area contributed by atoms with Crippen molar-refractivity contribution in [2.75, 3.05) is 0 Å². The summed E-state index contributed by atoms with van der Waals surface area (Å²) in [5, 5.41) is 1.63. The maximum Gasteiger partial charge on any atom is 0.265 e. The predicted octanol–water partition coefficient (Wildman–Crippen LogP) is 5.10. The van der Waals surface area contributed by atoms with Crippen LogP contribution < -0.4 is 0 Å². The van der Waals surface area contributed by atoms with Crippen molar-refractivity contribution < 1.29 is 0 Å². The van der Waals surface area contributed by atoms with Gasteiger partial charge in [-0.25, -0.2) is 0 Å². The van der Waals surface area contributed by atoms with Crippen molar-refractivity contribution in [1.82, 2.24) is 0 Å². The molecule has 0 radical (unpaired) electrons. The molecule has 0 aromatic heterocycles. The minimum atomic E-state index is 0.296. The normalized spacial score (nSPS) is 17.6. The van der Waals surface area contributed by atoms with Gasteiger partial charge in [0.2, 0.25) is 0 Å². The predicted molar refractivity (Wildman–Crippen MR) is 94.7 cm³/mol. The van der Waals surface area contributed by atoms with E-state index < -0.39 is 0 Å². The van der Waals surface area contributed by atoms with Gasteiger partial charge in [0.05, 0.1) is 0 Å². The molecule has 0 saturated carbocycles. The summed E-state index contributed by atoms with van der Waals surface area (Å²) in [5.41, 5.74) is 3.65. The van der Waals surface area contributed by atoms with Crippen LogP contribution in [0.3, 0.4) is 0 Å². The van der Waals surface area contributed by atoms with Gasteiger partial charge in [-0.2, -0.15) is 0 Å². The van der Waals surface area contributed by atoms with Crippen molar-refractivity contribution in [3.8, 4) is 0 Å². The van der Waals surface area contributed by atoms with Crippen molar-refractivity contribution in [2.24, 2.45) is 5.41 Å². The third-order valence-corrected chi connectivity index (χ3v) is 5.91. The Hall–Kier alpha value is 1.07. The Kier molecular flexibility index (Phi) is 5.49. The van der Waals surface area contributed by atoms with E-state index in [1.165, 1.54) is 12.8 Å². The average Bonchev–Trinajstić information content (AvgIpc) is 2.39. The van der Waals surface area contributed by atoms with Crippen LogP contribution in [-0.2, 0) is 0 Å². The van der Waals surface area contributed by atoms with E-state index in [0.717, 1.165) is 0 Å². The quantitative estimate of drug-likeness (QED) is 0.415. The molecule has 16 heavy (non-hydrogen) atoms. The molecule has 88 valence electrons. The molecule has 1 rings (SSSR count). The van der Waals surface area contributed by atoms with E-state index >= 15 is 0 Å². The van der Waals surface area contributed by atoms with Crippen LogP contribution in [0.5, 0.6) is 0 Å². The van der Waals surface area contributed by atoms with Gasteiger partial charge in [-0.15, -0.1) is 50.1 Å². The number of halogens is 2. The largest absolute Gasteiger partial charge is 0.265 e. The summed E-state index contributed by atoms with van der Waals surface area (Å²) in [5.74, 6) is 0. The zero-order valence-corrected chi connectivity index (χ0v) is 15.2. The molecule has 4 heteroatoms. The lowest BCUT2D eigenvalue weighted by Crippen LogP contribution is -2.16. The van der Waals surface area contributed by atoms with Crippen molar-refractivity contribution in [3.63, 3.8) is 0 Å². The van der Waals surface area contributed by atoms with Crippen LogP contribution in [0.25, 0.3) is 0 Å². The number of allylic oxidation sites excluding steroid dienone is 3. The van der Waals surface area contributed by atoms with E-state index in [1.807, 2.05) is 0 Å². The summed E-state index contributed by atoms with van der Waals surface area (Å²) in [4.78, 5) is 0. The Bertz CT molecular complexity index is 304. The minimum Gasteiger partial charge on any atom is -0.138 e. The topological polar surface area (TPSA) is 0 Å². The highest BCUT2D eigenvalue weighted by Crippen LogP contribution is 2.40. The number of hydrogen-bond acceptors (Lipinski definition) is 0. The van der Waals surface area contributed by atoms with Crippen LogP contribution in [0.1, 0.15) is 47.5 Å². The molecule has 0 aromatic carbocycles. The smallest absolute Gasteiger partial charge is 0.138 e. The second kappa shape index (κ2) is 5.81. The molecule has 0 nitrogen and oxygen atoms in total. The van der Waals surface area contributed by atoms with Crippen LogP contribution in [0.15, 0.2) is 22.4 Å². The lowest BCUT2D eigenvalue weighted by atomic mass is 9.52. The highest BCUT2D eigenvalue weighted by molar-refractivity contribution is 14.1. The summed E-state index contributed by atoms with van der Waals surface area (Å²) >= 11 is 5.24. The summed E-state index contributed by atoms with van der Waals surface area (Å²) in [6.45, 7) is 11.5. The maximum absolute atomic E-state index is 2.62. The van der Waals surface area contributed by atoms with Gasteiger partial charge in [-0.05, 0) is 18.3 Å². The van der Waals surface area contributed by atoms with Gasteiger partial charge < -0.3 is 0 Å². The SMILES string of the molecule is CCC1=C(CC)B(I)C(=CC(C)(C)C)B1I. The standard InChI is InChI=1S/C12H20B2I2/c1-6-9-10(7-2)14(16)11(13(9)15)8-12(3,4)5/h8H,6-7H2,1-5H3. The van der Waals surface area contributed by atoms with Crippen LogP contribution in [-0.4, -0.2) is 9.14 Å². The van der Waals surface area contributed by atoms with E-state index in [1.54, 1.807) is 16.3 Å². The molecule has 0 N–H and O–H groups in total. The van der Waals surface area contributed by atoms with Crippen molar-refractivity contribution in [1.29, 1.82) is 0 Å². The average molecular weight is 440 g/mol. The van der Waals surface area contributed by atoms with Crippen molar-refractivity contribution >= 4 is 53.9 Å². The third kappa shape index (κ3) is 3.30. The van der Waals surface area contributed by atoms with Crippen molar-refractivity contribution in [2.45, 2.75) is 47.5 Å². The van der Waals surface area contributed by atoms with Crippen LogP contribution in [0.4, 0.5) is 0 Å². The molecule has 0 amide bonds. The van der Waals surface area contributed by atoms with Gasteiger partial charge in [-0.1, -0.05) is 51.6 Å². The van der Waals surface area contributed by atoms with Gasteiger partial charge >= 0.3 is 0 Å². The maximum atomic E-state index is 2.62. The molecule has 0 aromatic rings. The van der Waals surface area contributed by atoms with Gasteiger partial charge in [0.1, 0.15) is 0 Å². The Morgan fingerprint density at radius 3 is 1.62 bits per heavy atom. The van der Waals surface area contributed by atoms with Crippen LogP contribution in [0, 0.1) is 5.41 Å². The number of rotatable bonds is 2. The molecule has 0 bridgehead atoms. The molecule has 1 heterocycles. The molecule has 1 aliphatic rings. The molecule has 0 saturated heterocycles. The zero-order valence-electron chi connectivity index (χ0n) is 10.9. The fourth-order valence-electron chi connectivity index (χ4n) is 2.32. The zero-order chi connectivity index (χ0) is 12.5. The highest BCUT2D eigenvalue weighted by Gasteiger charge is 2.38. The monoisotopic (exact) mass is 440 g/mol. The van der Waals surface area contributed by atoms with E-state index in [0.29, 0.717) is 14.6 Å². The molecule has 0 aliphatic carbocycles. The van der Waals surface area contributed by atoms with Crippen LogP contribution >= 0.6 is 44.7 Å². The third-order valence-electron chi connectivity index (χ3n) is 2.97. The van der Waals surface area contributed by atoms with Gasteiger partial charge in [0.25, 0.3) is 9.14 Å². The highest BCUT2D eigenvalue weighted by atomic mass is 127. The molecular formula is C12H20B2I2. The van der Waals surface area contributed by atoms with E-state index in [-0.39, 0.29) is 0 Å². The minimum absolute atomic E-state index is 0.296. The first-order valence-electron chi connectivity index (χ1n) is 6.04. The molecule has 0 atom stereocenters. The first kappa shape index (κ1) is 15.1. The molecule has 1 aliphatic heterocycles. The fourth-order valence-corrected chi connectivity index (χ4v) is 5.76. The summed E-state index contributed by atoms with van der Waals surface area (Å²) in [6.07, 6.45) is 4.90. The van der Waals surface area contributed by atoms with Gasteiger partial charge in [0.15, 0.2) is 0 Å². The fraction of sp³-hybridized carbons (Fsp3) is 0.667. The van der Waals surface area contributed by atoms with Gasteiger partial charge in [-0.3, -0.25) is 0 Å². The molecule has 0 unspecified atom stereocenters. The summed E-state index contributed by atoms with van der Waals surface area (Å²) in [6, 6.07) is 0. The van der Waals surface area contributed by atoms with E-state index in [2.05, 4.69) is 85.4 Å². The first-order chi connectivity index (χ1) is 7.31. The first-order valence-corrected chi connectivity index (χ1v) is 8.53. The second-order valence-corrected chi connectivity index (χ2v) is 7.98. The summed E-state index contributed by atoms with van der Waals surface area (Å²) < 4.78 is 1.28. The number of hydrogen-bond donors (Lipinski definition) is 0. The second-order valence-electron chi connectivity index (χ2n) is 5.49. The Balaban J connectivity index is 3.10. The lowest BCUT2D eigenvalue weighted by Gasteiger charge is -2.17. The van der Waals surface area contributed by atoms with Crippen LogP contribution in [0.2, 0.25) is 0 Å². The molecular weight excluding hydrogens is 420 g/mol. The van der Waals surface area contributed by atoms with E-state index in [9.17, 15) is 0 Å². The van der Waals surface area contributed by atoms with Gasteiger partial charge in [0, 0.05) is 0 Å². The Labute approximate surface area is 128 Å². The van der Waals surface area contributed by atoms with Crippen molar-refractivity contribution in [3.05, 3.63) is 22.4 Å². The summed E-state index contributed by atoms with van der Waals surface area (Å²) in [7, 11) is 0. The van der Waals surface area contributed by atoms with E-state index in [4.69, 9.17) is 0 Å².